The summed E-state index contributed by atoms with van der Waals surface area (Å²) in [4.78, 5) is 0. The van der Waals surface area contributed by atoms with Crippen LogP contribution >= 0.6 is 0 Å². The lowest BCUT2D eigenvalue weighted by Crippen LogP contribution is -1.92. The van der Waals surface area contributed by atoms with E-state index in [0.717, 1.165) is 0 Å². The third-order valence-corrected chi connectivity index (χ3v) is 2.36. The second-order valence-electron chi connectivity index (χ2n) is 4.16. The van der Waals surface area contributed by atoms with Crippen LogP contribution in [0.4, 0.5) is 0 Å². The van der Waals surface area contributed by atoms with Crippen LogP contribution in [-0.4, -0.2) is 0 Å². The smallest absolute Gasteiger partial charge is 0.0219 e. The topological polar surface area (TPSA) is 0 Å². The van der Waals surface area contributed by atoms with Gasteiger partial charge in [0.1, 0.15) is 0 Å². The highest BCUT2D eigenvalue weighted by atomic mass is 14.1. The fourth-order valence-electron chi connectivity index (χ4n) is 1.66. The van der Waals surface area contributed by atoms with E-state index in [2.05, 4.69) is 45.9 Å². The van der Waals surface area contributed by atoms with Crippen LogP contribution in [0.1, 0.15) is 49.8 Å². The average molecular weight is 176 g/mol. The third-order valence-electron chi connectivity index (χ3n) is 2.36. The summed E-state index contributed by atoms with van der Waals surface area (Å²) in [5.74, 6) is 0.649. The molecule has 1 rings (SSSR count). The first-order chi connectivity index (χ1) is 6.13. The van der Waals surface area contributed by atoms with Gasteiger partial charge >= 0.3 is 0 Å². The Bertz CT molecular complexity index is 271. The summed E-state index contributed by atoms with van der Waals surface area (Å²) >= 11 is 0. The van der Waals surface area contributed by atoms with E-state index in [9.17, 15) is 0 Å². The second-order valence-corrected chi connectivity index (χ2v) is 4.16. The lowest BCUT2D eigenvalue weighted by molar-refractivity contribution is 0.851. The lowest BCUT2D eigenvalue weighted by atomic mass is 9.97. The van der Waals surface area contributed by atoms with Gasteiger partial charge in [-0.05, 0) is 30.4 Å². The van der Waals surface area contributed by atoms with Crippen molar-refractivity contribution in [3.63, 3.8) is 0 Å². The van der Waals surface area contributed by atoms with Gasteiger partial charge < -0.3 is 0 Å². The molecule has 0 heteroatoms. The summed E-state index contributed by atoms with van der Waals surface area (Å²) in [5.41, 5.74) is 4.37. The summed E-state index contributed by atoms with van der Waals surface area (Å²) < 4.78 is 0. The molecular weight excluding hydrogens is 156 g/mol. The van der Waals surface area contributed by atoms with Gasteiger partial charge in [-0.25, -0.2) is 0 Å². The molecule has 0 saturated carbocycles. The van der Waals surface area contributed by atoms with Crippen LogP contribution in [0.25, 0.3) is 0 Å². The fraction of sp³-hybridized carbons (Fsp3) is 0.538. The number of aryl methyl sites for hydroxylation is 2. The molecule has 0 nitrogen and oxygen atoms in total. The highest BCUT2D eigenvalue weighted by molar-refractivity contribution is 5.31. The first-order valence-electron chi connectivity index (χ1n) is 5.24. The van der Waals surface area contributed by atoms with Crippen LogP contribution in [0, 0.1) is 6.92 Å². The molecule has 0 aliphatic rings. The Morgan fingerprint density at radius 2 is 1.85 bits per heavy atom. The van der Waals surface area contributed by atoms with E-state index in [4.69, 9.17) is 0 Å². The standard InChI is InChI=1S/C13H20/c1-5-6-12-7-11(4)8-13(9-12)10(2)3/h7-10H,5-6H2,1-4H3. The predicted molar refractivity (Wildman–Crippen MR) is 59.3 cm³/mol. The number of benzene rings is 1. The van der Waals surface area contributed by atoms with Crippen molar-refractivity contribution in [2.45, 2.75) is 46.5 Å². The van der Waals surface area contributed by atoms with E-state index in [1.54, 1.807) is 0 Å². The normalized spacial score (nSPS) is 10.8. The highest BCUT2D eigenvalue weighted by Crippen LogP contribution is 2.18. The van der Waals surface area contributed by atoms with Crippen LogP contribution < -0.4 is 0 Å². The van der Waals surface area contributed by atoms with Crippen LogP contribution in [0.15, 0.2) is 18.2 Å². The van der Waals surface area contributed by atoms with Crippen molar-refractivity contribution in [2.75, 3.05) is 0 Å². The molecule has 0 unspecified atom stereocenters. The summed E-state index contributed by atoms with van der Waals surface area (Å²) in [6.45, 7) is 8.93. The van der Waals surface area contributed by atoms with Crippen molar-refractivity contribution >= 4 is 0 Å². The molecule has 0 heterocycles. The van der Waals surface area contributed by atoms with Crippen LogP contribution in [0.5, 0.6) is 0 Å². The fourth-order valence-corrected chi connectivity index (χ4v) is 1.66. The molecule has 1 aromatic rings. The number of hydrogen-bond donors (Lipinski definition) is 0. The van der Waals surface area contributed by atoms with Crippen LogP contribution in [0.2, 0.25) is 0 Å². The molecule has 0 atom stereocenters. The average Bonchev–Trinajstić information content (AvgIpc) is 2.03. The zero-order valence-corrected chi connectivity index (χ0v) is 9.22. The SMILES string of the molecule is CCCc1cc(C)cc(C(C)C)c1. The minimum atomic E-state index is 0.649. The zero-order chi connectivity index (χ0) is 9.84. The molecule has 0 saturated heterocycles. The van der Waals surface area contributed by atoms with Crippen molar-refractivity contribution in [1.82, 2.24) is 0 Å². The second kappa shape index (κ2) is 4.45. The molecule has 0 spiro atoms. The van der Waals surface area contributed by atoms with E-state index in [1.807, 2.05) is 0 Å². The number of rotatable bonds is 3. The number of hydrogen-bond acceptors (Lipinski definition) is 0. The van der Waals surface area contributed by atoms with Gasteiger partial charge in [-0.15, -0.1) is 0 Å². The summed E-state index contributed by atoms with van der Waals surface area (Å²) in [6, 6.07) is 6.94. The van der Waals surface area contributed by atoms with Crippen molar-refractivity contribution in [2.24, 2.45) is 0 Å². The summed E-state index contributed by atoms with van der Waals surface area (Å²) in [7, 11) is 0. The zero-order valence-electron chi connectivity index (χ0n) is 9.22. The summed E-state index contributed by atoms with van der Waals surface area (Å²) in [5, 5.41) is 0. The van der Waals surface area contributed by atoms with E-state index < -0.39 is 0 Å². The highest BCUT2D eigenvalue weighted by Gasteiger charge is 2.01. The monoisotopic (exact) mass is 176 g/mol. The van der Waals surface area contributed by atoms with Gasteiger partial charge in [-0.1, -0.05) is 51.0 Å². The van der Waals surface area contributed by atoms with Crippen molar-refractivity contribution in [3.05, 3.63) is 34.9 Å². The molecule has 0 bridgehead atoms. The Kier molecular flexibility index (Phi) is 3.53. The Morgan fingerprint density at radius 3 is 2.38 bits per heavy atom. The Labute approximate surface area is 82.0 Å². The Hall–Kier alpha value is -0.780. The van der Waals surface area contributed by atoms with Crippen molar-refractivity contribution in [3.8, 4) is 0 Å². The molecule has 0 N–H and O–H groups in total. The maximum atomic E-state index is 2.35. The van der Waals surface area contributed by atoms with Gasteiger partial charge in [0.2, 0.25) is 0 Å². The molecule has 0 aliphatic heterocycles. The maximum Gasteiger partial charge on any atom is -0.0219 e. The molecule has 1 aromatic carbocycles. The third kappa shape index (κ3) is 2.87. The molecule has 0 radical (unpaired) electrons. The molecular formula is C13H20. The van der Waals surface area contributed by atoms with Gasteiger partial charge in [0.05, 0.1) is 0 Å². The van der Waals surface area contributed by atoms with Gasteiger partial charge in [0.25, 0.3) is 0 Å². The molecule has 0 aromatic heterocycles. The van der Waals surface area contributed by atoms with E-state index in [-0.39, 0.29) is 0 Å². The van der Waals surface area contributed by atoms with E-state index in [0.29, 0.717) is 5.92 Å². The first-order valence-corrected chi connectivity index (χ1v) is 5.24. The molecule has 13 heavy (non-hydrogen) atoms. The van der Waals surface area contributed by atoms with Crippen molar-refractivity contribution in [1.29, 1.82) is 0 Å². The van der Waals surface area contributed by atoms with Gasteiger partial charge in [-0.3, -0.25) is 0 Å². The lowest BCUT2D eigenvalue weighted by Gasteiger charge is -2.09. The molecule has 0 amide bonds. The molecule has 0 aliphatic carbocycles. The van der Waals surface area contributed by atoms with E-state index in [1.165, 1.54) is 29.5 Å². The van der Waals surface area contributed by atoms with E-state index >= 15 is 0 Å². The minimum absolute atomic E-state index is 0.649. The minimum Gasteiger partial charge on any atom is -0.0651 e. The molecule has 72 valence electrons. The molecule has 0 fully saturated rings. The van der Waals surface area contributed by atoms with Crippen LogP contribution in [0.3, 0.4) is 0 Å². The van der Waals surface area contributed by atoms with Gasteiger partial charge in [0.15, 0.2) is 0 Å². The Morgan fingerprint density at radius 1 is 1.15 bits per heavy atom. The van der Waals surface area contributed by atoms with Gasteiger partial charge in [0, 0.05) is 0 Å². The maximum absolute atomic E-state index is 2.35. The Balaban J connectivity index is 2.96. The van der Waals surface area contributed by atoms with Gasteiger partial charge in [-0.2, -0.15) is 0 Å². The quantitative estimate of drug-likeness (QED) is 0.651. The predicted octanol–water partition coefficient (Wildman–Crippen LogP) is 4.07. The first kappa shape index (κ1) is 10.3. The van der Waals surface area contributed by atoms with Crippen LogP contribution in [-0.2, 0) is 6.42 Å². The van der Waals surface area contributed by atoms with Crippen molar-refractivity contribution < 1.29 is 0 Å². The largest absolute Gasteiger partial charge is 0.0651 e. The summed E-state index contributed by atoms with van der Waals surface area (Å²) in [6.07, 6.45) is 2.45.